The fourth-order valence-corrected chi connectivity index (χ4v) is 3.52. The molecule has 3 aromatic rings. The van der Waals surface area contributed by atoms with Crippen LogP contribution in [0.2, 0.25) is 0 Å². The second kappa shape index (κ2) is 9.94. The number of nitriles is 1. The molecule has 180 valence electrons. The van der Waals surface area contributed by atoms with E-state index >= 15 is 0 Å². The fraction of sp³-hybridized carbons (Fsp3) is 0.261. The standard InChI is InChI=1S/C23H18F3N5O4/c24-23(25,26)22-29-19(30-35-22)15-4-6-16(7-5-15)20(32)28-12-18-13-34-9-8-31(18)21(33)17-3-1-2-14(10-17)11-27/h1-7,10,18H,8-9,12-13H2,(H,28,32)/t18-/m0/s1. The molecule has 1 atom stereocenters. The minimum Gasteiger partial charge on any atom is -0.377 e. The van der Waals surface area contributed by atoms with Crippen molar-refractivity contribution >= 4 is 11.8 Å². The molecule has 35 heavy (non-hydrogen) atoms. The SMILES string of the molecule is N#Cc1cccc(C(=O)N2CCOC[C@@H]2CNC(=O)c2ccc(-c3noc(C(F)(F)F)n3)cc2)c1. The minimum atomic E-state index is -4.75. The van der Waals surface area contributed by atoms with Gasteiger partial charge in [0.05, 0.1) is 30.9 Å². The Morgan fingerprint density at radius 3 is 2.63 bits per heavy atom. The first-order chi connectivity index (χ1) is 16.8. The third kappa shape index (κ3) is 5.47. The number of aromatic nitrogens is 2. The van der Waals surface area contributed by atoms with Gasteiger partial charge in [0.1, 0.15) is 0 Å². The van der Waals surface area contributed by atoms with Crippen molar-refractivity contribution in [3.05, 3.63) is 71.1 Å². The summed E-state index contributed by atoms with van der Waals surface area (Å²) in [6, 6.07) is 13.6. The number of alkyl halides is 3. The van der Waals surface area contributed by atoms with Crippen LogP contribution in [0.1, 0.15) is 32.2 Å². The van der Waals surface area contributed by atoms with Crippen LogP contribution in [0.5, 0.6) is 0 Å². The molecule has 2 heterocycles. The van der Waals surface area contributed by atoms with Crippen LogP contribution in [0.25, 0.3) is 11.4 Å². The molecule has 0 unspecified atom stereocenters. The summed E-state index contributed by atoms with van der Waals surface area (Å²) in [6.07, 6.45) is -4.75. The van der Waals surface area contributed by atoms with Crippen LogP contribution in [-0.2, 0) is 10.9 Å². The smallest absolute Gasteiger partial charge is 0.377 e. The van der Waals surface area contributed by atoms with E-state index < -0.39 is 24.0 Å². The van der Waals surface area contributed by atoms with Crippen LogP contribution in [0.4, 0.5) is 13.2 Å². The van der Waals surface area contributed by atoms with E-state index in [9.17, 15) is 22.8 Å². The number of hydrogen-bond acceptors (Lipinski definition) is 7. The lowest BCUT2D eigenvalue weighted by atomic mass is 10.1. The van der Waals surface area contributed by atoms with Crippen molar-refractivity contribution in [1.82, 2.24) is 20.4 Å². The molecule has 0 spiro atoms. The van der Waals surface area contributed by atoms with E-state index in [0.717, 1.165) is 0 Å². The molecule has 4 rings (SSSR count). The summed E-state index contributed by atoms with van der Waals surface area (Å²) in [5, 5.41) is 15.1. The number of carbonyl (C=O) groups is 2. The maximum atomic E-state index is 13.0. The maximum absolute atomic E-state index is 13.0. The van der Waals surface area contributed by atoms with Crippen molar-refractivity contribution < 1.29 is 32.0 Å². The molecule has 0 saturated carbocycles. The van der Waals surface area contributed by atoms with Gasteiger partial charge < -0.3 is 19.5 Å². The normalized spacial score (nSPS) is 15.9. The van der Waals surface area contributed by atoms with Crippen LogP contribution in [-0.4, -0.2) is 59.2 Å². The van der Waals surface area contributed by atoms with Gasteiger partial charge in [0, 0.05) is 29.8 Å². The van der Waals surface area contributed by atoms with Gasteiger partial charge in [-0.3, -0.25) is 9.59 Å². The highest BCUT2D eigenvalue weighted by Gasteiger charge is 2.38. The van der Waals surface area contributed by atoms with Crippen LogP contribution in [0, 0.1) is 11.3 Å². The molecule has 1 saturated heterocycles. The highest BCUT2D eigenvalue weighted by molar-refractivity contribution is 5.96. The topological polar surface area (TPSA) is 121 Å². The lowest BCUT2D eigenvalue weighted by Crippen LogP contribution is -2.53. The first-order valence-corrected chi connectivity index (χ1v) is 10.4. The first kappa shape index (κ1) is 23.9. The van der Waals surface area contributed by atoms with Gasteiger partial charge in [0.25, 0.3) is 11.8 Å². The molecule has 1 aromatic heterocycles. The summed E-state index contributed by atoms with van der Waals surface area (Å²) in [5.74, 6) is -2.42. The number of rotatable bonds is 5. The van der Waals surface area contributed by atoms with Crippen molar-refractivity contribution in [2.45, 2.75) is 12.2 Å². The monoisotopic (exact) mass is 485 g/mol. The molecule has 9 nitrogen and oxygen atoms in total. The Hall–Kier alpha value is -4.24. The van der Waals surface area contributed by atoms with E-state index in [2.05, 4.69) is 20.0 Å². The Morgan fingerprint density at radius 1 is 1.17 bits per heavy atom. The molecule has 1 fully saturated rings. The Labute approximate surface area is 197 Å². The quantitative estimate of drug-likeness (QED) is 0.590. The summed E-state index contributed by atoms with van der Waals surface area (Å²) < 4.78 is 47.6. The lowest BCUT2D eigenvalue weighted by molar-refractivity contribution is -0.159. The molecule has 2 amide bonds. The second-order valence-corrected chi connectivity index (χ2v) is 7.63. The van der Waals surface area contributed by atoms with E-state index in [4.69, 9.17) is 10.00 Å². The number of carbonyl (C=O) groups excluding carboxylic acids is 2. The number of morpholine rings is 1. The predicted molar refractivity (Wildman–Crippen MR) is 114 cm³/mol. The van der Waals surface area contributed by atoms with E-state index in [1.165, 1.54) is 30.3 Å². The third-order valence-corrected chi connectivity index (χ3v) is 5.30. The van der Waals surface area contributed by atoms with Gasteiger partial charge in [-0.2, -0.15) is 23.4 Å². The number of nitrogens with zero attached hydrogens (tertiary/aromatic N) is 4. The molecular weight excluding hydrogens is 467 g/mol. The number of halogens is 3. The average molecular weight is 485 g/mol. The number of ether oxygens (including phenoxy) is 1. The molecule has 0 aliphatic carbocycles. The number of benzene rings is 2. The molecule has 1 aliphatic heterocycles. The molecule has 1 N–H and O–H groups in total. The van der Waals surface area contributed by atoms with Gasteiger partial charge in [0.2, 0.25) is 5.82 Å². The Morgan fingerprint density at radius 2 is 1.94 bits per heavy atom. The lowest BCUT2D eigenvalue weighted by Gasteiger charge is -2.35. The van der Waals surface area contributed by atoms with Crippen LogP contribution < -0.4 is 5.32 Å². The summed E-state index contributed by atoms with van der Waals surface area (Å²) in [7, 11) is 0. The second-order valence-electron chi connectivity index (χ2n) is 7.63. The van der Waals surface area contributed by atoms with Gasteiger partial charge >= 0.3 is 12.1 Å². The maximum Gasteiger partial charge on any atom is 0.471 e. The highest BCUT2D eigenvalue weighted by atomic mass is 19.4. The van der Waals surface area contributed by atoms with E-state index in [-0.39, 0.29) is 36.0 Å². The Kier molecular flexibility index (Phi) is 6.79. The third-order valence-electron chi connectivity index (χ3n) is 5.30. The van der Waals surface area contributed by atoms with Crippen molar-refractivity contribution in [1.29, 1.82) is 5.26 Å². The molecule has 2 aromatic carbocycles. The highest BCUT2D eigenvalue weighted by Crippen LogP contribution is 2.29. The van der Waals surface area contributed by atoms with Crippen LogP contribution in [0.15, 0.2) is 53.1 Å². The van der Waals surface area contributed by atoms with Crippen molar-refractivity contribution in [2.75, 3.05) is 26.3 Å². The summed E-state index contributed by atoms with van der Waals surface area (Å²) in [5.41, 5.74) is 1.24. The molecule has 0 radical (unpaired) electrons. The van der Waals surface area contributed by atoms with Gasteiger partial charge in [0.15, 0.2) is 0 Å². The van der Waals surface area contributed by atoms with Crippen molar-refractivity contribution in [3.8, 4) is 17.5 Å². The molecule has 12 heteroatoms. The van der Waals surface area contributed by atoms with Crippen molar-refractivity contribution in [3.63, 3.8) is 0 Å². The largest absolute Gasteiger partial charge is 0.471 e. The van der Waals surface area contributed by atoms with Gasteiger partial charge in [-0.05, 0) is 30.3 Å². The van der Waals surface area contributed by atoms with E-state index in [1.54, 1.807) is 23.1 Å². The molecule has 0 bridgehead atoms. The Bertz CT molecular complexity index is 1270. The zero-order valence-electron chi connectivity index (χ0n) is 18.1. The van der Waals surface area contributed by atoms with Gasteiger partial charge in [-0.25, -0.2) is 0 Å². The summed E-state index contributed by atoms with van der Waals surface area (Å²) in [6.45, 7) is 1.02. The Balaban J connectivity index is 1.40. The van der Waals surface area contributed by atoms with Crippen LogP contribution in [0.3, 0.4) is 0 Å². The summed E-state index contributed by atoms with van der Waals surface area (Å²) in [4.78, 5) is 30.5. The first-order valence-electron chi connectivity index (χ1n) is 10.4. The summed E-state index contributed by atoms with van der Waals surface area (Å²) >= 11 is 0. The zero-order valence-corrected chi connectivity index (χ0v) is 18.1. The number of amides is 2. The number of hydrogen-bond donors (Lipinski definition) is 1. The molecule has 1 aliphatic rings. The van der Waals surface area contributed by atoms with Gasteiger partial charge in [-0.15, -0.1) is 0 Å². The van der Waals surface area contributed by atoms with E-state index in [0.29, 0.717) is 24.3 Å². The van der Waals surface area contributed by atoms with Gasteiger partial charge in [-0.1, -0.05) is 23.4 Å². The van der Waals surface area contributed by atoms with Crippen molar-refractivity contribution in [2.24, 2.45) is 0 Å². The number of nitrogens with one attached hydrogen (secondary N) is 1. The van der Waals surface area contributed by atoms with E-state index in [1.807, 2.05) is 6.07 Å². The molecular formula is C23H18F3N5O4. The fourth-order valence-electron chi connectivity index (χ4n) is 3.52. The zero-order chi connectivity index (χ0) is 25.0. The predicted octanol–water partition coefficient (Wildman–Crippen LogP) is 2.90. The van der Waals surface area contributed by atoms with Crippen LogP contribution >= 0.6 is 0 Å². The minimum absolute atomic E-state index is 0.115. The average Bonchev–Trinajstić information content (AvgIpc) is 3.38.